The minimum absolute atomic E-state index is 0.175. The van der Waals surface area contributed by atoms with E-state index in [9.17, 15) is 4.79 Å². The van der Waals surface area contributed by atoms with E-state index in [0.29, 0.717) is 6.54 Å². The summed E-state index contributed by atoms with van der Waals surface area (Å²) in [6, 6.07) is 5.93. The van der Waals surface area contributed by atoms with Gasteiger partial charge >= 0.3 is 0 Å². The molecule has 0 fully saturated rings. The fraction of sp³-hybridized carbons (Fsp3) is 0.375. The van der Waals surface area contributed by atoms with Crippen LogP contribution in [0.15, 0.2) is 35.1 Å². The first-order valence-corrected chi connectivity index (χ1v) is 7.29. The monoisotopic (exact) mass is 300 g/mol. The zero-order chi connectivity index (χ0) is 15.7. The second kappa shape index (κ2) is 5.46. The fourth-order valence-electron chi connectivity index (χ4n) is 2.40. The molecule has 1 aromatic carbocycles. The molecular weight excluding hydrogens is 280 g/mol. The first-order chi connectivity index (χ1) is 10.4. The third-order valence-electron chi connectivity index (χ3n) is 3.33. The van der Waals surface area contributed by atoms with Crippen LogP contribution in [-0.2, 0) is 9.63 Å². The van der Waals surface area contributed by atoms with Crippen LogP contribution < -0.4 is 15.7 Å². The number of nitrogens with one attached hydrogen (secondary N) is 2. The number of nitrogens with zero attached hydrogens (tertiary/aromatic N) is 2. The molecule has 2 heterocycles. The highest BCUT2D eigenvalue weighted by atomic mass is 16.7. The summed E-state index contributed by atoms with van der Waals surface area (Å²) >= 11 is 0. The van der Waals surface area contributed by atoms with Crippen molar-refractivity contribution in [3.8, 4) is 0 Å². The topological polar surface area (TPSA) is 66.0 Å². The van der Waals surface area contributed by atoms with Crippen molar-refractivity contribution in [3.05, 3.63) is 30.1 Å². The SMILES string of the molecule is CC(C)(C)ONC(=O)CC1=CNc2cccc3c2N1CC=N3. The number of hydrogen-bond acceptors (Lipinski definition) is 5. The molecule has 0 spiro atoms. The Hall–Kier alpha value is -2.34. The van der Waals surface area contributed by atoms with Gasteiger partial charge in [-0.1, -0.05) is 6.07 Å². The van der Waals surface area contributed by atoms with Crippen molar-refractivity contribution in [3.63, 3.8) is 0 Å². The molecule has 0 saturated carbocycles. The van der Waals surface area contributed by atoms with E-state index in [0.717, 1.165) is 22.8 Å². The second-order valence-corrected chi connectivity index (χ2v) is 6.29. The van der Waals surface area contributed by atoms with Gasteiger partial charge in [-0.25, -0.2) is 5.48 Å². The van der Waals surface area contributed by atoms with Crippen LogP contribution in [0.2, 0.25) is 0 Å². The molecule has 0 aliphatic carbocycles. The van der Waals surface area contributed by atoms with Crippen LogP contribution >= 0.6 is 0 Å². The van der Waals surface area contributed by atoms with Crippen LogP contribution in [0, 0.1) is 0 Å². The highest BCUT2D eigenvalue weighted by Crippen LogP contribution is 2.42. The van der Waals surface area contributed by atoms with Gasteiger partial charge in [-0.05, 0) is 32.9 Å². The minimum Gasteiger partial charge on any atom is -0.358 e. The summed E-state index contributed by atoms with van der Waals surface area (Å²) in [5.41, 5.74) is 5.92. The van der Waals surface area contributed by atoms with Crippen LogP contribution in [0.3, 0.4) is 0 Å². The Bertz CT molecular complexity index is 659. The van der Waals surface area contributed by atoms with Crippen molar-refractivity contribution in [1.29, 1.82) is 0 Å². The molecule has 2 aliphatic rings. The van der Waals surface area contributed by atoms with Crippen molar-refractivity contribution < 1.29 is 9.63 Å². The molecule has 2 aliphatic heterocycles. The Kier molecular flexibility index (Phi) is 3.62. The highest BCUT2D eigenvalue weighted by Gasteiger charge is 2.26. The number of hydroxylamine groups is 1. The van der Waals surface area contributed by atoms with Gasteiger partial charge in [0.15, 0.2) is 0 Å². The first-order valence-electron chi connectivity index (χ1n) is 7.29. The molecule has 0 bridgehead atoms. The molecular formula is C16H20N4O2. The van der Waals surface area contributed by atoms with E-state index in [1.807, 2.05) is 51.4 Å². The Balaban J connectivity index is 1.74. The van der Waals surface area contributed by atoms with E-state index in [1.165, 1.54) is 0 Å². The molecule has 6 heteroatoms. The predicted molar refractivity (Wildman–Crippen MR) is 87.2 cm³/mol. The smallest absolute Gasteiger partial charge is 0.249 e. The van der Waals surface area contributed by atoms with E-state index in [4.69, 9.17) is 4.84 Å². The lowest BCUT2D eigenvalue weighted by molar-refractivity contribution is -0.144. The summed E-state index contributed by atoms with van der Waals surface area (Å²) in [6.45, 7) is 6.32. The Morgan fingerprint density at radius 2 is 2.27 bits per heavy atom. The fourth-order valence-corrected chi connectivity index (χ4v) is 2.40. The third kappa shape index (κ3) is 2.96. The molecule has 1 aromatic rings. The van der Waals surface area contributed by atoms with Crippen LogP contribution in [0.5, 0.6) is 0 Å². The summed E-state index contributed by atoms with van der Waals surface area (Å²) in [6.07, 6.45) is 3.96. The summed E-state index contributed by atoms with van der Waals surface area (Å²) in [5.74, 6) is -0.175. The molecule has 22 heavy (non-hydrogen) atoms. The highest BCUT2D eigenvalue weighted by molar-refractivity contribution is 5.94. The van der Waals surface area contributed by atoms with E-state index < -0.39 is 5.60 Å². The maximum atomic E-state index is 12.1. The quantitative estimate of drug-likeness (QED) is 0.842. The van der Waals surface area contributed by atoms with Crippen molar-refractivity contribution in [1.82, 2.24) is 5.48 Å². The summed E-state index contributed by atoms with van der Waals surface area (Å²) in [4.78, 5) is 23.9. The number of carbonyl (C=O) groups excluding carboxylic acids is 1. The molecule has 1 amide bonds. The average molecular weight is 300 g/mol. The van der Waals surface area contributed by atoms with Gasteiger partial charge in [0, 0.05) is 18.1 Å². The molecule has 116 valence electrons. The van der Waals surface area contributed by atoms with Crippen LogP contribution in [0.25, 0.3) is 0 Å². The number of anilines is 2. The van der Waals surface area contributed by atoms with Gasteiger partial charge in [0.1, 0.15) is 0 Å². The van der Waals surface area contributed by atoms with Crippen molar-refractivity contribution in [2.45, 2.75) is 32.8 Å². The minimum atomic E-state index is -0.410. The van der Waals surface area contributed by atoms with Gasteiger partial charge in [-0.3, -0.25) is 14.6 Å². The zero-order valence-electron chi connectivity index (χ0n) is 13.0. The second-order valence-electron chi connectivity index (χ2n) is 6.29. The molecule has 0 saturated heterocycles. The van der Waals surface area contributed by atoms with Crippen LogP contribution in [-0.4, -0.2) is 24.3 Å². The van der Waals surface area contributed by atoms with E-state index >= 15 is 0 Å². The Labute approximate surface area is 129 Å². The lowest BCUT2D eigenvalue weighted by Crippen LogP contribution is -2.37. The third-order valence-corrected chi connectivity index (χ3v) is 3.33. The largest absolute Gasteiger partial charge is 0.358 e. The number of aliphatic imine (C=N–C) groups is 1. The van der Waals surface area contributed by atoms with Gasteiger partial charge in [0.05, 0.1) is 35.6 Å². The Morgan fingerprint density at radius 3 is 3.05 bits per heavy atom. The molecule has 0 atom stereocenters. The van der Waals surface area contributed by atoms with Gasteiger partial charge in [0.2, 0.25) is 5.91 Å². The lowest BCUT2D eigenvalue weighted by atomic mass is 10.1. The maximum Gasteiger partial charge on any atom is 0.249 e. The van der Waals surface area contributed by atoms with Crippen molar-refractivity contribution in [2.75, 3.05) is 16.8 Å². The maximum absolute atomic E-state index is 12.1. The average Bonchev–Trinajstić information content (AvgIpc) is 2.48. The van der Waals surface area contributed by atoms with E-state index in [1.54, 1.807) is 0 Å². The molecule has 0 unspecified atom stereocenters. The summed E-state index contributed by atoms with van der Waals surface area (Å²) in [5, 5.41) is 3.23. The van der Waals surface area contributed by atoms with Gasteiger partial charge in [-0.15, -0.1) is 0 Å². The molecule has 6 nitrogen and oxygen atoms in total. The zero-order valence-corrected chi connectivity index (χ0v) is 13.0. The lowest BCUT2D eigenvalue weighted by Gasteiger charge is -2.34. The van der Waals surface area contributed by atoms with E-state index in [2.05, 4.69) is 20.7 Å². The van der Waals surface area contributed by atoms with Crippen LogP contribution in [0.1, 0.15) is 27.2 Å². The number of para-hydroxylation sites is 1. The van der Waals surface area contributed by atoms with Crippen molar-refractivity contribution >= 4 is 29.2 Å². The van der Waals surface area contributed by atoms with Gasteiger partial charge in [-0.2, -0.15) is 0 Å². The molecule has 0 radical (unpaired) electrons. The summed E-state index contributed by atoms with van der Waals surface area (Å²) in [7, 11) is 0. The first kappa shape index (κ1) is 14.6. The van der Waals surface area contributed by atoms with Gasteiger partial charge in [0.25, 0.3) is 0 Å². The summed E-state index contributed by atoms with van der Waals surface area (Å²) < 4.78 is 0. The van der Waals surface area contributed by atoms with Crippen molar-refractivity contribution in [2.24, 2.45) is 4.99 Å². The molecule has 3 rings (SSSR count). The number of benzene rings is 1. The normalized spacial score (nSPS) is 15.8. The standard InChI is InChI=1S/C16H20N4O2/c1-16(2,3)22-19-14(21)9-11-10-18-13-6-4-5-12-15(13)20(11)8-7-17-12/h4-7,10,18H,8-9H2,1-3H3,(H,19,21). The molecule has 0 aromatic heterocycles. The predicted octanol–water partition coefficient (Wildman–Crippen LogP) is 2.71. The number of amides is 1. The van der Waals surface area contributed by atoms with E-state index in [-0.39, 0.29) is 12.3 Å². The molecule has 2 N–H and O–H groups in total. The number of carbonyl (C=O) groups is 1. The van der Waals surface area contributed by atoms with Crippen LogP contribution in [0.4, 0.5) is 17.1 Å². The number of rotatable bonds is 3. The number of hydrogen-bond donors (Lipinski definition) is 2. The van der Waals surface area contributed by atoms with Gasteiger partial charge < -0.3 is 10.2 Å². The Morgan fingerprint density at radius 1 is 1.45 bits per heavy atom.